The molecular weight excluding hydrogens is 437 g/mol. The molecule has 0 bridgehead atoms. The first-order valence-electron chi connectivity index (χ1n) is 11.3. The molecule has 3 amide bonds. The van der Waals surface area contributed by atoms with E-state index in [-0.39, 0.29) is 23.2 Å². The predicted octanol–water partition coefficient (Wildman–Crippen LogP) is 3.14. The molecule has 1 fully saturated rings. The standard InChI is InChI=1S/C25H24FN5O3/c1-15-14-16(26)5-10-20(15)31-23-19(22(28-31)24(27)33)11-13-30(25(23)34)18-8-6-17(7-9-18)29-12-3-2-4-21(29)32/h5-10,14H,2-4,11-13H2,1H3,(H2,27,33). The molecule has 0 atom stereocenters. The summed E-state index contributed by atoms with van der Waals surface area (Å²) in [5, 5.41) is 4.34. The number of amides is 3. The summed E-state index contributed by atoms with van der Waals surface area (Å²) in [7, 11) is 0. The fourth-order valence-electron chi connectivity index (χ4n) is 4.73. The van der Waals surface area contributed by atoms with Gasteiger partial charge in [-0.25, -0.2) is 9.07 Å². The van der Waals surface area contributed by atoms with E-state index in [1.807, 2.05) is 24.3 Å². The quantitative estimate of drug-likeness (QED) is 0.645. The highest BCUT2D eigenvalue weighted by Crippen LogP contribution is 2.31. The van der Waals surface area contributed by atoms with E-state index >= 15 is 0 Å². The van der Waals surface area contributed by atoms with Crippen LogP contribution in [0.2, 0.25) is 0 Å². The van der Waals surface area contributed by atoms with Gasteiger partial charge in [-0.2, -0.15) is 5.10 Å². The van der Waals surface area contributed by atoms with Crippen molar-refractivity contribution in [2.45, 2.75) is 32.6 Å². The Hall–Kier alpha value is -4.01. The Labute approximate surface area is 195 Å². The maximum absolute atomic E-state index is 13.7. The number of hydrogen-bond acceptors (Lipinski definition) is 4. The highest BCUT2D eigenvalue weighted by atomic mass is 19.1. The van der Waals surface area contributed by atoms with Crippen LogP contribution in [0.5, 0.6) is 0 Å². The number of nitrogens with two attached hydrogens (primary N) is 1. The molecule has 1 aromatic heterocycles. The van der Waals surface area contributed by atoms with Crippen LogP contribution in [-0.4, -0.2) is 40.6 Å². The Morgan fingerprint density at radius 2 is 1.68 bits per heavy atom. The van der Waals surface area contributed by atoms with Gasteiger partial charge in [-0.05, 0) is 74.2 Å². The zero-order valence-corrected chi connectivity index (χ0v) is 18.8. The number of aromatic nitrogens is 2. The van der Waals surface area contributed by atoms with Gasteiger partial charge in [-0.15, -0.1) is 0 Å². The summed E-state index contributed by atoms with van der Waals surface area (Å²) in [4.78, 5) is 41.3. The van der Waals surface area contributed by atoms with Crippen LogP contribution in [0.15, 0.2) is 42.5 Å². The largest absolute Gasteiger partial charge is 0.364 e. The molecule has 0 spiro atoms. The minimum absolute atomic E-state index is 0.0469. The Kier molecular flexibility index (Phi) is 5.39. The zero-order valence-electron chi connectivity index (χ0n) is 18.8. The molecule has 9 heteroatoms. The van der Waals surface area contributed by atoms with Crippen LogP contribution in [0.3, 0.4) is 0 Å². The highest BCUT2D eigenvalue weighted by molar-refractivity contribution is 6.09. The van der Waals surface area contributed by atoms with Crippen molar-refractivity contribution >= 4 is 29.1 Å². The number of benzene rings is 2. The third kappa shape index (κ3) is 3.63. The van der Waals surface area contributed by atoms with E-state index in [0.717, 1.165) is 18.5 Å². The lowest BCUT2D eigenvalue weighted by molar-refractivity contribution is -0.119. The summed E-state index contributed by atoms with van der Waals surface area (Å²) in [6.07, 6.45) is 2.82. The van der Waals surface area contributed by atoms with Crippen LogP contribution in [0.25, 0.3) is 5.69 Å². The van der Waals surface area contributed by atoms with Gasteiger partial charge in [-0.3, -0.25) is 14.4 Å². The Balaban J connectivity index is 1.52. The number of halogens is 1. The third-order valence-corrected chi connectivity index (χ3v) is 6.43. The molecule has 174 valence electrons. The van der Waals surface area contributed by atoms with Gasteiger partial charge in [0.05, 0.1) is 5.69 Å². The summed E-state index contributed by atoms with van der Waals surface area (Å²) in [6.45, 7) is 2.75. The van der Waals surface area contributed by atoms with Crippen LogP contribution >= 0.6 is 0 Å². The highest BCUT2D eigenvalue weighted by Gasteiger charge is 2.35. The molecule has 2 N–H and O–H groups in total. The first kappa shape index (κ1) is 21.8. The number of aryl methyl sites for hydroxylation is 1. The number of anilines is 2. The minimum atomic E-state index is -0.716. The summed E-state index contributed by atoms with van der Waals surface area (Å²) >= 11 is 0. The lowest BCUT2D eigenvalue weighted by Gasteiger charge is -2.30. The van der Waals surface area contributed by atoms with Gasteiger partial charge in [0.25, 0.3) is 11.8 Å². The average Bonchev–Trinajstić information content (AvgIpc) is 3.21. The molecule has 3 heterocycles. The van der Waals surface area contributed by atoms with Crippen molar-refractivity contribution < 1.29 is 18.8 Å². The van der Waals surface area contributed by atoms with Crippen LogP contribution < -0.4 is 15.5 Å². The van der Waals surface area contributed by atoms with E-state index in [4.69, 9.17) is 5.73 Å². The van der Waals surface area contributed by atoms with Gasteiger partial charge in [0.1, 0.15) is 11.5 Å². The van der Waals surface area contributed by atoms with E-state index in [1.54, 1.807) is 16.7 Å². The van der Waals surface area contributed by atoms with Crippen molar-refractivity contribution in [2.75, 3.05) is 22.9 Å². The Morgan fingerprint density at radius 3 is 2.32 bits per heavy atom. The molecule has 0 aliphatic carbocycles. The van der Waals surface area contributed by atoms with E-state index in [9.17, 15) is 18.8 Å². The Morgan fingerprint density at radius 1 is 0.971 bits per heavy atom. The predicted molar refractivity (Wildman–Crippen MR) is 125 cm³/mol. The van der Waals surface area contributed by atoms with Crippen LogP contribution in [0, 0.1) is 12.7 Å². The summed E-state index contributed by atoms with van der Waals surface area (Å²) in [5.41, 5.74) is 8.88. The van der Waals surface area contributed by atoms with Gasteiger partial charge in [-0.1, -0.05) is 0 Å². The van der Waals surface area contributed by atoms with Crippen LogP contribution in [-0.2, 0) is 11.2 Å². The minimum Gasteiger partial charge on any atom is -0.364 e. The maximum Gasteiger partial charge on any atom is 0.277 e. The number of piperidine rings is 1. The second-order valence-electron chi connectivity index (χ2n) is 8.61. The molecular formula is C25H24FN5O3. The molecule has 0 unspecified atom stereocenters. The summed E-state index contributed by atoms with van der Waals surface area (Å²) < 4.78 is 15.1. The number of primary amides is 1. The molecule has 0 radical (unpaired) electrons. The molecule has 2 aromatic carbocycles. The molecule has 3 aromatic rings. The molecule has 34 heavy (non-hydrogen) atoms. The smallest absolute Gasteiger partial charge is 0.277 e. The van der Waals surface area contributed by atoms with E-state index < -0.39 is 11.7 Å². The van der Waals surface area contributed by atoms with Crippen molar-refractivity contribution in [1.29, 1.82) is 0 Å². The maximum atomic E-state index is 13.7. The van der Waals surface area contributed by atoms with E-state index in [2.05, 4.69) is 5.10 Å². The Bertz CT molecular complexity index is 1310. The second-order valence-corrected chi connectivity index (χ2v) is 8.61. The monoisotopic (exact) mass is 461 g/mol. The van der Waals surface area contributed by atoms with Crippen LogP contribution in [0.1, 0.15) is 51.4 Å². The normalized spacial score (nSPS) is 16.1. The number of rotatable bonds is 4. The molecule has 5 rings (SSSR count). The number of hydrogen-bond donors (Lipinski definition) is 1. The van der Waals surface area contributed by atoms with Crippen LogP contribution in [0.4, 0.5) is 15.8 Å². The molecule has 2 aliphatic rings. The SMILES string of the molecule is Cc1cc(F)ccc1-n1nc(C(N)=O)c2c1C(=O)N(c1ccc(N3CCCCC3=O)cc1)CC2. The number of carbonyl (C=O) groups is 3. The van der Waals surface area contributed by atoms with E-state index in [1.165, 1.54) is 22.9 Å². The molecule has 8 nitrogen and oxygen atoms in total. The topological polar surface area (TPSA) is 102 Å². The molecule has 2 aliphatic heterocycles. The van der Waals surface area contributed by atoms with Gasteiger partial charge in [0.15, 0.2) is 5.69 Å². The van der Waals surface area contributed by atoms with Gasteiger partial charge in [0, 0.05) is 36.4 Å². The second kappa shape index (κ2) is 8.40. The number of carbonyl (C=O) groups excluding carboxylic acids is 3. The first-order chi connectivity index (χ1) is 16.3. The lowest BCUT2D eigenvalue weighted by atomic mass is 10.0. The first-order valence-corrected chi connectivity index (χ1v) is 11.3. The van der Waals surface area contributed by atoms with Crippen molar-refractivity contribution in [2.24, 2.45) is 5.73 Å². The van der Waals surface area contributed by atoms with Crippen molar-refractivity contribution in [3.8, 4) is 5.69 Å². The van der Waals surface area contributed by atoms with Gasteiger partial charge >= 0.3 is 0 Å². The lowest BCUT2D eigenvalue weighted by Crippen LogP contribution is -2.39. The molecule has 1 saturated heterocycles. The summed E-state index contributed by atoms with van der Waals surface area (Å²) in [6, 6.07) is 11.5. The fourth-order valence-corrected chi connectivity index (χ4v) is 4.73. The average molecular weight is 461 g/mol. The molecule has 0 saturated carbocycles. The van der Waals surface area contributed by atoms with Crippen molar-refractivity contribution in [1.82, 2.24) is 9.78 Å². The summed E-state index contributed by atoms with van der Waals surface area (Å²) in [5.74, 6) is -1.34. The fraction of sp³-hybridized carbons (Fsp3) is 0.280. The zero-order chi connectivity index (χ0) is 24.0. The van der Waals surface area contributed by atoms with Crippen molar-refractivity contribution in [3.05, 3.63) is 70.8 Å². The van der Waals surface area contributed by atoms with Gasteiger partial charge in [0.2, 0.25) is 5.91 Å². The third-order valence-electron chi connectivity index (χ3n) is 6.43. The van der Waals surface area contributed by atoms with Crippen molar-refractivity contribution in [3.63, 3.8) is 0 Å². The van der Waals surface area contributed by atoms with Gasteiger partial charge < -0.3 is 15.5 Å². The number of fused-ring (bicyclic) bond motifs is 1. The van der Waals surface area contributed by atoms with E-state index in [0.29, 0.717) is 48.4 Å². The number of nitrogens with zero attached hydrogens (tertiary/aromatic N) is 4.